The van der Waals surface area contributed by atoms with E-state index in [9.17, 15) is 23.1 Å². The normalized spacial score (nSPS) is 12.1. The average molecular weight is 473 g/mol. The Hall–Kier alpha value is -3.77. The number of amides is 2. The Balaban J connectivity index is 1.79. The SMILES string of the molecule is C[C@@H](CO)Nc1cc(CS(C)(=O)=O)nc(-c2ccc(NC(=O)Nc3cccc(=O)[nH]3)cc2)n1. The molecule has 0 spiro atoms. The van der Waals surface area contributed by atoms with Crippen LogP contribution in [0.2, 0.25) is 0 Å². The first kappa shape index (κ1) is 23.9. The lowest BCUT2D eigenvalue weighted by Crippen LogP contribution is -2.21. The zero-order valence-corrected chi connectivity index (χ0v) is 18.8. The standard InChI is InChI=1S/C21H24N6O5S/c1-13(11-28)22-18-10-16(12-33(2,31)32)23-20(26-18)14-6-8-15(9-7-14)24-21(30)27-17-4-3-5-19(29)25-17/h3-10,13,28H,11-12H2,1-2H3,(H,22,23,26)(H3,24,25,27,29,30)/t13-/m0/s1. The first-order chi connectivity index (χ1) is 15.6. The minimum Gasteiger partial charge on any atom is -0.394 e. The van der Waals surface area contributed by atoms with E-state index in [1.54, 1.807) is 37.3 Å². The molecular formula is C21H24N6O5S. The molecule has 3 rings (SSSR count). The number of nitrogens with zero attached hydrogens (tertiary/aromatic N) is 2. The van der Waals surface area contributed by atoms with Gasteiger partial charge in [0.25, 0.3) is 0 Å². The molecule has 0 bridgehead atoms. The number of pyridine rings is 1. The highest BCUT2D eigenvalue weighted by atomic mass is 32.2. The topological polar surface area (TPSA) is 166 Å². The molecule has 12 heteroatoms. The Kier molecular flexibility index (Phi) is 7.41. The second-order valence-electron chi connectivity index (χ2n) is 7.45. The fraction of sp³-hybridized carbons (Fsp3) is 0.238. The summed E-state index contributed by atoms with van der Waals surface area (Å²) in [7, 11) is -3.32. The number of carbonyl (C=O) groups excluding carboxylic acids is 1. The Morgan fingerprint density at radius 2 is 1.85 bits per heavy atom. The molecule has 0 aliphatic rings. The summed E-state index contributed by atoms with van der Waals surface area (Å²) in [5, 5.41) is 17.5. The third-order valence-corrected chi connectivity index (χ3v) is 5.10. The number of hydrogen-bond acceptors (Lipinski definition) is 8. The van der Waals surface area contributed by atoms with Crippen molar-refractivity contribution in [2.45, 2.75) is 18.7 Å². The van der Waals surface area contributed by atoms with E-state index in [1.165, 1.54) is 18.2 Å². The van der Waals surface area contributed by atoms with E-state index in [4.69, 9.17) is 0 Å². The molecule has 2 aromatic heterocycles. The van der Waals surface area contributed by atoms with Crippen LogP contribution in [-0.4, -0.2) is 53.4 Å². The Morgan fingerprint density at radius 1 is 1.12 bits per heavy atom. The summed E-state index contributed by atoms with van der Waals surface area (Å²) in [5.74, 6) is 0.677. The van der Waals surface area contributed by atoms with Gasteiger partial charge in [0.15, 0.2) is 15.7 Å². The van der Waals surface area contributed by atoms with Gasteiger partial charge in [0.05, 0.1) is 18.1 Å². The van der Waals surface area contributed by atoms with Gasteiger partial charge in [-0.3, -0.25) is 10.1 Å². The lowest BCUT2D eigenvalue weighted by atomic mass is 10.2. The van der Waals surface area contributed by atoms with Crippen molar-refractivity contribution >= 4 is 33.2 Å². The van der Waals surface area contributed by atoms with Gasteiger partial charge in [0.2, 0.25) is 5.56 Å². The third kappa shape index (κ3) is 7.40. The predicted molar refractivity (Wildman–Crippen MR) is 126 cm³/mol. The Bertz CT molecular complexity index is 1290. The summed E-state index contributed by atoms with van der Waals surface area (Å²) in [6.07, 6.45) is 1.12. The van der Waals surface area contributed by atoms with Crippen LogP contribution in [0.4, 0.5) is 22.1 Å². The first-order valence-corrected chi connectivity index (χ1v) is 12.0. The fourth-order valence-corrected chi connectivity index (χ4v) is 3.53. The van der Waals surface area contributed by atoms with Crippen LogP contribution in [0.15, 0.2) is 53.3 Å². The number of carbonyl (C=O) groups is 1. The van der Waals surface area contributed by atoms with Crippen LogP contribution >= 0.6 is 0 Å². The van der Waals surface area contributed by atoms with E-state index in [1.807, 2.05) is 0 Å². The molecule has 0 radical (unpaired) electrons. The second kappa shape index (κ2) is 10.2. The number of aliphatic hydroxyl groups excluding tert-OH is 1. The number of aromatic nitrogens is 3. The van der Waals surface area contributed by atoms with Gasteiger partial charge in [-0.05, 0) is 37.3 Å². The van der Waals surface area contributed by atoms with Crippen LogP contribution in [0.3, 0.4) is 0 Å². The molecule has 3 aromatic rings. The van der Waals surface area contributed by atoms with E-state index in [-0.39, 0.29) is 29.8 Å². The van der Waals surface area contributed by atoms with Crippen LogP contribution in [-0.2, 0) is 15.6 Å². The van der Waals surface area contributed by atoms with Gasteiger partial charge in [0, 0.05) is 35.7 Å². The minimum atomic E-state index is -3.32. The monoisotopic (exact) mass is 472 g/mol. The van der Waals surface area contributed by atoms with E-state index in [0.29, 0.717) is 28.6 Å². The van der Waals surface area contributed by atoms with Gasteiger partial charge in [-0.2, -0.15) is 0 Å². The smallest absolute Gasteiger partial charge is 0.324 e. The van der Waals surface area contributed by atoms with Gasteiger partial charge in [-0.15, -0.1) is 0 Å². The molecule has 11 nitrogen and oxygen atoms in total. The van der Waals surface area contributed by atoms with Gasteiger partial charge in [-0.25, -0.2) is 23.2 Å². The van der Waals surface area contributed by atoms with Crippen molar-refractivity contribution in [1.29, 1.82) is 0 Å². The number of rotatable bonds is 8. The molecule has 33 heavy (non-hydrogen) atoms. The van der Waals surface area contributed by atoms with Crippen molar-refractivity contribution in [1.82, 2.24) is 15.0 Å². The molecule has 174 valence electrons. The van der Waals surface area contributed by atoms with Crippen LogP contribution < -0.4 is 21.5 Å². The van der Waals surface area contributed by atoms with Crippen molar-refractivity contribution in [3.8, 4) is 11.4 Å². The quantitative estimate of drug-likeness (QED) is 0.331. The predicted octanol–water partition coefficient (Wildman–Crippen LogP) is 1.81. The number of anilines is 3. The lowest BCUT2D eigenvalue weighted by Gasteiger charge is -2.14. The van der Waals surface area contributed by atoms with Crippen molar-refractivity contribution in [3.63, 3.8) is 0 Å². The summed E-state index contributed by atoms with van der Waals surface area (Å²) in [6, 6.07) is 11.7. The summed E-state index contributed by atoms with van der Waals surface area (Å²) in [5.41, 5.74) is 1.06. The maximum atomic E-state index is 12.1. The highest BCUT2D eigenvalue weighted by molar-refractivity contribution is 7.89. The highest BCUT2D eigenvalue weighted by Gasteiger charge is 2.13. The molecule has 2 heterocycles. The number of sulfone groups is 1. The van der Waals surface area contributed by atoms with Gasteiger partial charge < -0.3 is 20.7 Å². The molecule has 0 fully saturated rings. The molecular weight excluding hydrogens is 448 g/mol. The average Bonchev–Trinajstić information content (AvgIpc) is 2.72. The van der Waals surface area contributed by atoms with E-state index >= 15 is 0 Å². The van der Waals surface area contributed by atoms with Gasteiger partial charge >= 0.3 is 6.03 Å². The maximum Gasteiger partial charge on any atom is 0.324 e. The molecule has 0 aliphatic carbocycles. The van der Waals surface area contributed by atoms with Crippen LogP contribution in [0.5, 0.6) is 0 Å². The molecule has 5 N–H and O–H groups in total. The number of urea groups is 1. The highest BCUT2D eigenvalue weighted by Crippen LogP contribution is 2.22. The molecule has 0 saturated carbocycles. The molecule has 2 amide bonds. The van der Waals surface area contributed by atoms with E-state index in [0.717, 1.165) is 6.26 Å². The van der Waals surface area contributed by atoms with Crippen LogP contribution in [0.25, 0.3) is 11.4 Å². The number of hydrogen-bond donors (Lipinski definition) is 5. The summed E-state index contributed by atoms with van der Waals surface area (Å²) >= 11 is 0. The maximum absolute atomic E-state index is 12.1. The van der Waals surface area contributed by atoms with Crippen molar-refractivity contribution in [2.75, 3.05) is 28.8 Å². The molecule has 0 aliphatic heterocycles. The van der Waals surface area contributed by atoms with Crippen LogP contribution in [0, 0.1) is 0 Å². The Morgan fingerprint density at radius 3 is 2.48 bits per heavy atom. The van der Waals surface area contributed by atoms with Gasteiger partial charge in [-0.1, -0.05) is 6.07 Å². The van der Waals surface area contributed by atoms with Crippen LogP contribution in [0.1, 0.15) is 12.6 Å². The van der Waals surface area contributed by atoms with Crippen molar-refractivity contribution in [2.24, 2.45) is 0 Å². The van der Waals surface area contributed by atoms with Crippen molar-refractivity contribution < 1.29 is 18.3 Å². The summed E-state index contributed by atoms with van der Waals surface area (Å²) < 4.78 is 23.5. The second-order valence-corrected chi connectivity index (χ2v) is 9.59. The number of benzene rings is 1. The summed E-state index contributed by atoms with van der Waals surface area (Å²) in [4.78, 5) is 34.7. The van der Waals surface area contributed by atoms with Gasteiger partial charge in [0.1, 0.15) is 11.6 Å². The number of H-pyrrole nitrogens is 1. The molecule has 0 unspecified atom stereocenters. The largest absolute Gasteiger partial charge is 0.394 e. The van der Waals surface area contributed by atoms with E-state index < -0.39 is 15.9 Å². The first-order valence-electron chi connectivity index (χ1n) is 9.92. The molecule has 0 saturated heterocycles. The Labute approximate surface area is 190 Å². The zero-order chi connectivity index (χ0) is 24.0. The number of aliphatic hydroxyl groups is 1. The van der Waals surface area contributed by atoms with Crippen molar-refractivity contribution in [3.05, 3.63) is 64.6 Å². The number of nitrogens with one attached hydrogen (secondary N) is 4. The number of aromatic amines is 1. The van der Waals surface area contributed by atoms with E-state index in [2.05, 4.69) is 30.9 Å². The zero-order valence-electron chi connectivity index (χ0n) is 18.0. The minimum absolute atomic E-state index is 0.125. The summed E-state index contributed by atoms with van der Waals surface area (Å²) in [6.45, 7) is 1.63. The fourth-order valence-electron chi connectivity index (χ4n) is 2.85. The third-order valence-electron chi connectivity index (χ3n) is 4.27. The lowest BCUT2D eigenvalue weighted by molar-refractivity contribution is 0.262. The molecule has 1 atom stereocenters. The molecule has 1 aromatic carbocycles.